The first kappa shape index (κ1) is 12.4. The molecular formula is C10H10BrF3O. The summed E-state index contributed by atoms with van der Waals surface area (Å²) >= 11 is 3.13. The van der Waals surface area contributed by atoms with E-state index < -0.39 is 6.36 Å². The number of ether oxygens (including phenoxy) is 1. The smallest absolute Gasteiger partial charge is 0.405 e. The lowest BCUT2D eigenvalue weighted by Gasteiger charge is -2.15. The van der Waals surface area contributed by atoms with Gasteiger partial charge in [-0.2, -0.15) is 0 Å². The Morgan fingerprint density at radius 1 is 1.27 bits per heavy atom. The van der Waals surface area contributed by atoms with Crippen molar-refractivity contribution in [1.82, 2.24) is 0 Å². The van der Waals surface area contributed by atoms with E-state index in [4.69, 9.17) is 0 Å². The van der Waals surface area contributed by atoms with Crippen LogP contribution in [0.1, 0.15) is 18.1 Å². The predicted molar refractivity (Wildman–Crippen MR) is 55.1 cm³/mol. The third-order valence-corrected chi connectivity index (χ3v) is 2.52. The van der Waals surface area contributed by atoms with Crippen molar-refractivity contribution in [1.29, 1.82) is 0 Å². The van der Waals surface area contributed by atoms with Crippen molar-refractivity contribution in [3.63, 3.8) is 0 Å². The first-order valence-corrected chi connectivity index (χ1v) is 5.52. The highest BCUT2D eigenvalue weighted by atomic mass is 79.9. The van der Waals surface area contributed by atoms with Gasteiger partial charge in [0.2, 0.25) is 0 Å². The van der Waals surface area contributed by atoms with Gasteiger partial charge in [0, 0.05) is 10.9 Å². The molecule has 0 amide bonds. The molecule has 0 unspecified atom stereocenters. The van der Waals surface area contributed by atoms with E-state index in [0.29, 0.717) is 22.9 Å². The van der Waals surface area contributed by atoms with E-state index in [2.05, 4.69) is 20.7 Å². The maximum absolute atomic E-state index is 12.1. The summed E-state index contributed by atoms with van der Waals surface area (Å²) in [6, 6.07) is 4.96. The van der Waals surface area contributed by atoms with E-state index in [9.17, 15) is 13.2 Å². The molecule has 0 N–H and O–H groups in total. The van der Waals surface area contributed by atoms with Crippen LogP contribution in [0.4, 0.5) is 13.2 Å². The van der Waals surface area contributed by atoms with E-state index in [0.717, 1.165) is 0 Å². The number of alkyl halides is 4. The number of rotatable bonds is 3. The van der Waals surface area contributed by atoms with E-state index in [1.165, 1.54) is 0 Å². The molecule has 0 heterocycles. The second-order valence-corrected chi connectivity index (χ2v) is 3.50. The van der Waals surface area contributed by atoms with Crippen LogP contribution < -0.4 is 4.74 Å². The van der Waals surface area contributed by atoms with Crippen LogP contribution in [0, 0.1) is 0 Å². The summed E-state index contributed by atoms with van der Waals surface area (Å²) in [5, 5.41) is 0.340. The van der Waals surface area contributed by atoms with Gasteiger partial charge in [0.05, 0.1) is 0 Å². The van der Waals surface area contributed by atoms with Gasteiger partial charge in [0.25, 0.3) is 0 Å². The minimum Gasteiger partial charge on any atom is -0.405 e. The van der Waals surface area contributed by atoms with Gasteiger partial charge in [-0.05, 0) is 12.0 Å². The molecule has 5 heteroatoms. The Hall–Kier alpha value is -0.710. The maximum Gasteiger partial charge on any atom is 0.573 e. The minimum atomic E-state index is -4.64. The summed E-state index contributed by atoms with van der Waals surface area (Å²) in [4.78, 5) is 0. The zero-order valence-electron chi connectivity index (χ0n) is 8.07. The molecule has 0 saturated heterocycles. The van der Waals surface area contributed by atoms with E-state index in [-0.39, 0.29) is 5.75 Å². The number of para-hydroxylation sites is 1. The van der Waals surface area contributed by atoms with Crippen LogP contribution in [0.5, 0.6) is 5.75 Å². The molecule has 15 heavy (non-hydrogen) atoms. The summed E-state index contributed by atoms with van der Waals surface area (Å²) in [5.41, 5.74) is 1.07. The van der Waals surface area contributed by atoms with Crippen molar-refractivity contribution in [2.45, 2.75) is 25.0 Å². The standard InChI is InChI=1S/C10H10BrF3O/c1-2-7-4-3-5-8(6-11)9(7)15-10(12,13)14/h3-5H,2,6H2,1H3. The van der Waals surface area contributed by atoms with Crippen LogP contribution in [0.25, 0.3) is 0 Å². The Morgan fingerprint density at radius 3 is 2.33 bits per heavy atom. The third kappa shape index (κ3) is 3.41. The molecule has 84 valence electrons. The maximum atomic E-state index is 12.1. The van der Waals surface area contributed by atoms with Crippen molar-refractivity contribution < 1.29 is 17.9 Å². The molecule has 0 bridgehead atoms. The molecule has 1 rings (SSSR count). The zero-order valence-corrected chi connectivity index (χ0v) is 9.65. The van der Waals surface area contributed by atoms with Crippen molar-refractivity contribution in [2.24, 2.45) is 0 Å². The summed E-state index contributed by atoms with van der Waals surface area (Å²) in [7, 11) is 0. The number of hydrogen-bond donors (Lipinski definition) is 0. The predicted octanol–water partition coefficient (Wildman–Crippen LogP) is 4.04. The molecular weight excluding hydrogens is 273 g/mol. The van der Waals surface area contributed by atoms with Crippen LogP contribution >= 0.6 is 15.9 Å². The number of hydrogen-bond acceptors (Lipinski definition) is 1. The Morgan fingerprint density at radius 2 is 1.87 bits per heavy atom. The molecule has 0 radical (unpaired) electrons. The Kier molecular flexibility index (Phi) is 4.02. The lowest BCUT2D eigenvalue weighted by atomic mass is 10.1. The SMILES string of the molecule is CCc1cccc(CBr)c1OC(F)(F)F. The highest BCUT2D eigenvalue weighted by Gasteiger charge is 2.32. The molecule has 0 aliphatic heterocycles. The third-order valence-electron chi connectivity index (χ3n) is 1.92. The number of benzene rings is 1. The molecule has 0 aliphatic rings. The summed E-state index contributed by atoms with van der Waals surface area (Å²) in [5.74, 6) is -0.0793. The average Bonchev–Trinajstić information content (AvgIpc) is 2.16. The Bertz CT molecular complexity index is 314. The van der Waals surface area contributed by atoms with Gasteiger partial charge in [0.1, 0.15) is 5.75 Å². The molecule has 1 aromatic carbocycles. The summed E-state index contributed by atoms with van der Waals surface area (Å²) in [6.07, 6.45) is -4.13. The summed E-state index contributed by atoms with van der Waals surface area (Å²) in [6.45, 7) is 1.79. The molecule has 0 fully saturated rings. The van der Waals surface area contributed by atoms with Crippen LogP contribution in [0.15, 0.2) is 18.2 Å². The molecule has 0 saturated carbocycles. The van der Waals surface area contributed by atoms with E-state index in [1.807, 2.05) is 0 Å². The fourth-order valence-electron chi connectivity index (χ4n) is 1.27. The van der Waals surface area contributed by atoms with Gasteiger partial charge in [-0.25, -0.2) is 0 Å². The minimum absolute atomic E-state index is 0.0793. The largest absolute Gasteiger partial charge is 0.573 e. The zero-order chi connectivity index (χ0) is 11.5. The topological polar surface area (TPSA) is 9.23 Å². The van der Waals surface area contributed by atoms with Gasteiger partial charge in [-0.3, -0.25) is 0 Å². The molecule has 0 atom stereocenters. The normalized spacial score (nSPS) is 11.5. The van der Waals surface area contributed by atoms with E-state index >= 15 is 0 Å². The Balaban J connectivity index is 3.11. The highest BCUT2D eigenvalue weighted by molar-refractivity contribution is 9.08. The average molecular weight is 283 g/mol. The molecule has 0 aliphatic carbocycles. The van der Waals surface area contributed by atoms with Crippen LogP contribution in [-0.4, -0.2) is 6.36 Å². The van der Waals surface area contributed by atoms with Gasteiger partial charge in [-0.1, -0.05) is 41.1 Å². The van der Waals surface area contributed by atoms with Crippen molar-refractivity contribution in [2.75, 3.05) is 0 Å². The fraction of sp³-hybridized carbons (Fsp3) is 0.400. The monoisotopic (exact) mass is 282 g/mol. The van der Waals surface area contributed by atoms with Crippen LogP contribution in [0.2, 0.25) is 0 Å². The molecule has 0 aromatic heterocycles. The first-order chi connectivity index (χ1) is 6.98. The van der Waals surface area contributed by atoms with Crippen LogP contribution in [-0.2, 0) is 11.8 Å². The lowest BCUT2D eigenvalue weighted by Crippen LogP contribution is -2.19. The van der Waals surface area contributed by atoms with Gasteiger partial charge < -0.3 is 4.74 Å². The Labute approximate surface area is 94.4 Å². The van der Waals surface area contributed by atoms with Crippen LogP contribution in [0.3, 0.4) is 0 Å². The summed E-state index contributed by atoms with van der Waals surface area (Å²) < 4.78 is 40.4. The second kappa shape index (κ2) is 4.88. The number of aryl methyl sites for hydroxylation is 1. The highest BCUT2D eigenvalue weighted by Crippen LogP contribution is 2.31. The van der Waals surface area contributed by atoms with Gasteiger partial charge >= 0.3 is 6.36 Å². The number of halogens is 4. The van der Waals surface area contributed by atoms with Crippen molar-refractivity contribution in [3.05, 3.63) is 29.3 Å². The molecule has 1 nitrogen and oxygen atoms in total. The van der Waals surface area contributed by atoms with Crippen molar-refractivity contribution in [3.8, 4) is 5.75 Å². The van der Waals surface area contributed by atoms with Crippen molar-refractivity contribution >= 4 is 15.9 Å². The molecule has 1 aromatic rings. The second-order valence-electron chi connectivity index (χ2n) is 2.94. The quantitative estimate of drug-likeness (QED) is 0.761. The molecule has 0 spiro atoms. The lowest BCUT2D eigenvalue weighted by molar-refractivity contribution is -0.275. The first-order valence-electron chi connectivity index (χ1n) is 4.40. The fourth-order valence-corrected chi connectivity index (χ4v) is 1.71. The van der Waals surface area contributed by atoms with E-state index in [1.54, 1.807) is 25.1 Å². The van der Waals surface area contributed by atoms with Gasteiger partial charge in [-0.15, -0.1) is 13.2 Å². The van der Waals surface area contributed by atoms with Gasteiger partial charge in [0.15, 0.2) is 0 Å².